The number of nitrogens with two attached hydrogens (primary N) is 3. The highest BCUT2D eigenvalue weighted by molar-refractivity contribution is 7.19. The third kappa shape index (κ3) is 5.65. The molecule has 0 aromatic carbocycles. The molecule has 48 heavy (non-hydrogen) atoms. The van der Waals surface area contributed by atoms with Crippen LogP contribution in [0.3, 0.4) is 0 Å². The molecule has 0 saturated heterocycles. The molecule has 0 radical (unpaired) electrons. The number of rotatable bonds is 0. The van der Waals surface area contributed by atoms with Gasteiger partial charge in [0.2, 0.25) is 0 Å². The molecule has 0 bridgehead atoms. The Morgan fingerprint density at radius 2 is 0.875 bits per heavy atom. The topological polar surface area (TPSA) is 117 Å². The van der Waals surface area contributed by atoms with Gasteiger partial charge in [-0.25, -0.2) is 15.0 Å². The van der Waals surface area contributed by atoms with Crippen LogP contribution >= 0.6 is 34.0 Å². The number of nitrogens with zero attached hydrogens (tertiary/aromatic N) is 3. The van der Waals surface area contributed by atoms with Gasteiger partial charge in [0.05, 0.1) is 0 Å². The molecule has 0 saturated carbocycles. The number of anilines is 3. The Hall–Kier alpha value is -3.27. The molecule has 1 unspecified atom stereocenters. The zero-order valence-corrected chi connectivity index (χ0v) is 31.9. The van der Waals surface area contributed by atoms with Gasteiger partial charge in [0.15, 0.2) is 0 Å². The highest BCUT2D eigenvalue weighted by Crippen LogP contribution is 2.41. The van der Waals surface area contributed by atoms with Crippen molar-refractivity contribution < 1.29 is 0 Å². The van der Waals surface area contributed by atoms with Crippen LogP contribution in [0.5, 0.6) is 0 Å². The van der Waals surface area contributed by atoms with Gasteiger partial charge in [0, 0.05) is 64.9 Å². The Balaban J connectivity index is 0.000000114. The van der Waals surface area contributed by atoms with Crippen molar-refractivity contribution in [1.82, 2.24) is 15.0 Å². The maximum Gasteiger partial charge on any atom is 0.126 e. The summed E-state index contributed by atoms with van der Waals surface area (Å²) in [4.78, 5) is 21.8. The van der Waals surface area contributed by atoms with E-state index in [0.717, 1.165) is 76.0 Å². The van der Waals surface area contributed by atoms with Gasteiger partial charge >= 0.3 is 0 Å². The fourth-order valence-corrected chi connectivity index (χ4v) is 11.0. The molecular weight excluding hydrogens is 649 g/mol. The first-order valence-corrected chi connectivity index (χ1v) is 19.9. The van der Waals surface area contributed by atoms with Crippen LogP contribution in [0.25, 0.3) is 30.6 Å². The van der Waals surface area contributed by atoms with Crippen LogP contribution in [0, 0.1) is 47.5 Å². The molecule has 3 aliphatic carbocycles. The van der Waals surface area contributed by atoms with E-state index in [1.165, 1.54) is 107 Å². The third-order valence-electron chi connectivity index (χ3n) is 11.0. The summed E-state index contributed by atoms with van der Waals surface area (Å²) in [6.45, 7) is 15.2. The Labute approximate surface area is 296 Å². The van der Waals surface area contributed by atoms with Gasteiger partial charge in [0.25, 0.3) is 0 Å². The Morgan fingerprint density at radius 3 is 1.35 bits per heavy atom. The van der Waals surface area contributed by atoms with Crippen molar-refractivity contribution in [3.8, 4) is 0 Å². The van der Waals surface area contributed by atoms with Gasteiger partial charge in [-0.15, -0.1) is 34.0 Å². The number of fused-ring (bicyclic) bond motifs is 6. The quantitative estimate of drug-likeness (QED) is 0.146. The molecule has 0 amide bonds. The largest absolute Gasteiger partial charge is 0.398 e. The summed E-state index contributed by atoms with van der Waals surface area (Å²) in [5.41, 5.74) is 33.6. The summed E-state index contributed by atoms with van der Waals surface area (Å²) in [6, 6.07) is 0. The molecular formula is C39H48N6S3. The second-order valence-electron chi connectivity index (χ2n) is 14.2. The minimum absolute atomic E-state index is 0.744. The molecule has 6 nitrogen and oxygen atoms in total. The number of hydrogen-bond donors (Lipinski definition) is 3. The molecule has 6 N–H and O–H groups in total. The predicted octanol–water partition coefficient (Wildman–Crippen LogP) is 9.98. The van der Waals surface area contributed by atoms with Crippen molar-refractivity contribution in [3.05, 3.63) is 65.1 Å². The number of pyridine rings is 3. The molecule has 252 valence electrons. The number of nitrogen functional groups attached to an aromatic ring is 3. The Kier molecular flexibility index (Phi) is 8.92. The molecule has 0 aliphatic heterocycles. The van der Waals surface area contributed by atoms with E-state index in [2.05, 4.69) is 48.5 Å². The van der Waals surface area contributed by atoms with Gasteiger partial charge in [-0.3, -0.25) is 0 Å². The molecule has 1 atom stereocenters. The summed E-state index contributed by atoms with van der Waals surface area (Å²) in [5, 5.41) is 3.63. The average Bonchev–Trinajstić information content (AvgIpc) is 3.79. The zero-order valence-electron chi connectivity index (χ0n) is 29.4. The zero-order chi connectivity index (χ0) is 34.0. The standard InChI is InChI=1S/C14H18N2S.C13H16N2S.C12H14N2S/c1-7-4-5-10-11(6-7)16-14-12(13(10)15)8(2)9(3)17-14;1-7-8(2)16-13-11(7)12(14)9-5-3-4-6-10(9)15-13;1-6-7(2)15-12-10(6)11(13)8-4-3-5-9(8)14-12/h7H,4-6H2,1-3H3,(H2,15,16);3-6H2,1-2H3,(H2,14,15);3-5H2,1-2H3,(H2,13,14). The number of hydrogen-bond acceptors (Lipinski definition) is 9. The maximum absolute atomic E-state index is 6.37. The van der Waals surface area contributed by atoms with E-state index in [4.69, 9.17) is 32.2 Å². The molecule has 3 aliphatic rings. The van der Waals surface area contributed by atoms with E-state index < -0.39 is 0 Å². The number of thiophene rings is 3. The summed E-state index contributed by atoms with van der Waals surface area (Å²) in [5.74, 6) is 0.744. The van der Waals surface area contributed by atoms with Crippen LogP contribution in [-0.4, -0.2) is 15.0 Å². The molecule has 9 heteroatoms. The van der Waals surface area contributed by atoms with Gasteiger partial charge in [-0.1, -0.05) is 6.92 Å². The van der Waals surface area contributed by atoms with Crippen LogP contribution in [0.2, 0.25) is 0 Å². The monoisotopic (exact) mass is 696 g/mol. The first kappa shape index (κ1) is 33.2. The molecule has 6 heterocycles. The number of aryl methyl sites for hydroxylation is 8. The van der Waals surface area contributed by atoms with Crippen molar-refractivity contribution in [2.45, 2.75) is 113 Å². The lowest BCUT2D eigenvalue weighted by molar-refractivity contribution is 0.494. The van der Waals surface area contributed by atoms with E-state index in [-0.39, 0.29) is 0 Å². The van der Waals surface area contributed by atoms with Crippen LogP contribution in [0.15, 0.2) is 0 Å². The van der Waals surface area contributed by atoms with Crippen LogP contribution in [0.4, 0.5) is 17.1 Å². The minimum atomic E-state index is 0.744. The minimum Gasteiger partial charge on any atom is -0.398 e. The van der Waals surface area contributed by atoms with Gasteiger partial charge in [0.1, 0.15) is 14.5 Å². The van der Waals surface area contributed by atoms with Crippen LogP contribution < -0.4 is 17.2 Å². The Morgan fingerprint density at radius 1 is 0.500 bits per heavy atom. The van der Waals surface area contributed by atoms with Crippen LogP contribution in [0.1, 0.15) is 97.7 Å². The van der Waals surface area contributed by atoms with Crippen molar-refractivity contribution in [1.29, 1.82) is 0 Å². The van der Waals surface area contributed by atoms with Crippen molar-refractivity contribution in [3.63, 3.8) is 0 Å². The molecule has 0 spiro atoms. The van der Waals surface area contributed by atoms with E-state index in [0.29, 0.717) is 0 Å². The normalized spacial score (nSPS) is 16.7. The lowest BCUT2D eigenvalue weighted by Crippen LogP contribution is -2.15. The second-order valence-corrected chi connectivity index (χ2v) is 17.8. The average molecular weight is 697 g/mol. The van der Waals surface area contributed by atoms with Gasteiger partial charge in [-0.05, 0) is 145 Å². The first-order chi connectivity index (χ1) is 22.9. The highest BCUT2D eigenvalue weighted by Gasteiger charge is 2.23. The van der Waals surface area contributed by atoms with Crippen molar-refractivity contribution in [2.24, 2.45) is 5.92 Å². The van der Waals surface area contributed by atoms with Crippen molar-refractivity contribution >= 4 is 81.7 Å². The van der Waals surface area contributed by atoms with Gasteiger partial charge in [-0.2, -0.15) is 0 Å². The molecule has 6 aromatic heterocycles. The fourth-order valence-electron chi connectivity index (χ4n) is 7.77. The summed E-state index contributed by atoms with van der Waals surface area (Å²) < 4.78 is 0. The van der Waals surface area contributed by atoms with Gasteiger partial charge < -0.3 is 17.2 Å². The second kappa shape index (κ2) is 12.9. The summed E-state index contributed by atoms with van der Waals surface area (Å²) in [7, 11) is 0. The van der Waals surface area contributed by atoms with E-state index in [9.17, 15) is 0 Å². The molecule has 9 rings (SSSR count). The smallest absolute Gasteiger partial charge is 0.126 e. The van der Waals surface area contributed by atoms with E-state index >= 15 is 0 Å². The fraction of sp³-hybridized carbons (Fsp3) is 0.462. The summed E-state index contributed by atoms with van der Waals surface area (Å²) >= 11 is 5.32. The molecule has 0 fully saturated rings. The highest BCUT2D eigenvalue weighted by atomic mass is 32.1. The SMILES string of the molecule is Cc1sc2nc3c(c(N)c2c1C)CCC(C)C3.Cc1sc2nc3c(c(N)c2c1C)CCC3.Cc1sc2nc3c(c(N)c2c1C)CCCC3. The lowest BCUT2D eigenvalue weighted by Gasteiger charge is -2.22. The lowest BCUT2D eigenvalue weighted by atomic mass is 9.86. The summed E-state index contributed by atoms with van der Waals surface area (Å²) in [6.07, 6.45) is 11.6. The number of aromatic nitrogens is 3. The molecule has 6 aromatic rings. The van der Waals surface area contributed by atoms with E-state index in [1.807, 2.05) is 0 Å². The third-order valence-corrected chi connectivity index (χ3v) is 14.3. The Bertz CT molecular complexity index is 2220. The predicted molar refractivity (Wildman–Crippen MR) is 210 cm³/mol. The maximum atomic E-state index is 6.37. The van der Waals surface area contributed by atoms with Crippen LogP contribution in [-0.2, 0) is 38.5 Å². The van der Waals surface area contributed by atoms with Crippen molar-refractivity contribution in [2.75, 3.05) is 17.2 Å². The van der Waals surface area contributed by atoms with E-state index in [1.54, 1.807) is 34.0 Å². The first-order valence-electron chi connectivity index (χ1n) is 17.4.